The summed E-state index contributed by atoms with van der Waals surface area (Å²) in [6, 6.07) is 0. The molecule has 0 amide bonds. The summed E-state index contributed by atoms with van der Waals surface area (Å²) in [4.78, 5) is 22.8. The van der Waals surface area contributed by atoms with Gasteiger partial charge in [-0.1, -0.05) is 13.8 Å². The van der Waals surface area contributed by atoms with Crippen molar-refractivity contribution in [2.24, 2.45) is 5.41 Å². The molecule has 1 N–H and O–H groups in total. The van der Waals surface area contributed by atoms with Gasteiger partial charge in [0, 0.05) is 12.8 Å². The SMILES string of the molecule is CC1(C)CC(=O)C(=CCO)C(=O)C1. The highest BCUT2D eigenvalue weighted by atomic mass is 16.2. The molecule has 1 rings (SSSR count). The minimum atomic E-state index is -0.243. The molecular formula is C10H14O3. The van der Waals surface area contributed by atoms with E-state index in [1.165, 1.54) is 6.08 Å². The summed E-state index contributed by atoms with van der Waals surface area (Å²) in [6.07, 6.45) is 2.09. The maximum atomic E-state index is 11.4. The van der Waals surface area contributed by atoms with Crippen LogP contribution >= 0.6 is 0 Å². The Hall–Kier alpha value is -0.960. The average molecular weight is 182 g/mol. The molecule has 1 aliphatic rings. The zero-order chi connectivity index (χ0) is 10.1. The topological polar surface area (TPSA) is 54.4 Å². The summed E-state index contributed by atoms with van der Waals surface area (Å²) in [6.45, 7) is 3.56. The van der Waals surface area contributed by atoms with Gasteiger partial charge in [-0.05, 0) is 11.5 Å². The maximum Gasteiger partial charge on any atom is 0.166 e. The first-order chi connectivity index (χ1) is 5.96. The number of hydrogen-bond donors (Lipinski definition) is 1. The van der Waals surface area contributed by atoms with Crippen LogP contribution in [0.15, 0.2) is 11.6 Å². The van der Waals surface area contributed by atoms with Gasteiger partial charge >= 0.3 is 0 Å². The number of allylic oxidation sites excluding steroid dienone is 1. The smallest absolute Gasteiger partial charge is 0.166 e. The number of Topliss-reactive ketones (excluding diaryl/α,β-unsaturated/α-hetero) is 2. The Morgan fingerprint density at radius 2 is 1.77 bits per heavy atom. The van der Waals surface area contributed by atoms with Gasteiger partial charge in [0.2, 0.25) is 0 Å². The lowest BCUT2D eigenvalue weighted by atomic mass is 9.74. The number of rotatable bonds is 1. The Morgan fingerprint density at radius 1 is 1.31 bits per heavy atom. The van der Waals surface area contributed by atoms with Gasteiger partial charge < -0.3 is 5.11 Å². The van der Waals surface area contributed by atoms with Crippen LogP contribution in [0.25, 0.3) is 0 Å². The van der Waals surface area contributed by atoms with Gasteiger partial charge in [-0.25, -0.2) is 0 Å². The Bertz CT molecular complexity index is 252. The van der Waals surface area contributed by atoms with Gasteiger partial charge in [0.05, 0.1) is 12.2 Å². The molecule has 0 saturated heterocycles. The second kappa shape index (κ2) is 3.42. The van der Waals surface area contributed by atoms with E-state index in [9.17, 15) is 9.59 Å². The largest absolute Gasteiger partial charge is 0.392 e. The lowest BCUT2D eigenvalue weighted by molar-refractivity contribution is -0.127. The molecule has 1 aliphatic carbocycles. The lowest BCUT2D eigenvalue weighted by Gasteiger charge is -2.28. The number of carbonyl (C=O) groups excluding carboxylic acids is 2. The summed E-state index contributed by atoms with van der Waals surface area (Å²) in [5, 5.41) is 8.60. The van der Waals surface area contributed by atoms with Crippen LogP contribution in [0.1, 0.15) is 26.7 Å². The fourth-order valence-corrected chi connectivity index (χ4v) is 1.60. The van der Waals surface area contributed by atoms with E-state index in [-0.39, 0.29) is 29.2 Å². The normalized spacial score (nSPS) is 21.9. The van der Waals surface area contributed by atoms with Crippen LogP contribution in [0.2, 0.25) is 0 Å². The van der Waals surface area contributed by atoms with E-state index < -0.39 is 0 Å². The number of carbonyl (C=O) groups is 2. The third-order valence-electron chi connectivity index (χ3n) is 2.17. The van der Waals surface area contributed by atoms with E-state index in [1.807, 2.05) is 13.8 Å². The first-order valence-corrected chi connectivity index (χ1v) is 4.34. The predicted molar refractivity (Wildman–Crippen MR) is 48.2 cm³/mol. The van der Waals surface area contributed by atoms with Gasteiger partial charge in [0.25, 0.3) is 0 Å². The molecule has 0 bridgehead atoms. The zero-order valence-electron chi connectivity index (χ0n) is 7.96. The van der Waals surface area contributed by atoms with Gasteiger partial charge in [-0.2, -0.15) is 0 Å². The van der Waals surface area contributed by atoms with E-state index in [0.717, 1.165) is 0 Å². The monoisotopic (exact) mass is 182 g/mol. The highest BCUT2D eigenvalue weighted by Gasteiger charge is 2.35. The first-order valence-electron chi connectivity index (χ1n) is 4.34. The van der Waals surface area contributed by atoms with E-state index in [4.69, 9.17) is 5.11 Å². The molecule has 1 fully saturated rings. The van der Waals surface area contributed by atoms with Crippen molar-refractivity contribution in [2.75, 3.05) is 6.61 Å². The molecule has 0 radical (unpaired) electrons. The molecule has 0 aliphatic heterocycles. The molecule has 72 valence electrons. The predicted octanol–water partition coefficient (Wildman–Crippen LogP) is 0.863. The summed E-state index contributed by atoms with van der Waals surface area (Å²) in [5.74, 6) is -0.286. The Balaban J connectivity index is 2.89. The van der Waals surface area contributed by atoms with Crippen LogP contribution in [0.5, 0.6) is 0 Å². The van der Waals surface area contributed by atoms with E-state index in [2.05, 4.69) is 0 Å². The van der Waals surface area contributed by atoms with Crippen LogP contribution in [0.3, 0.4) is 0 Å². The summed E-state index contributed by atoms with van der Waals surface area (Å²) < 4.78 is 0. The highest BCUT2D eigenvalue weighted by molar-refractivity contribution is 6.22. The summed E-state index contributed by atoms with van der Waals surface area (Å²) >= 11 is 0. The quantitative estimate of drug-likeness (QED) is 0.483. The molecule has 0 spiro atoms. The van der Waals surface area contributed by atoms with Crippen molar-refractivity contribution in [1.82, 2.24) is 0 Å². The molecular weight excluding hydrogens is 168 g/mol. The minimum absolute atomic E-state index is 0.143. The molecule has 0 heterocycles. The lowest BCUT2D eigenvalue weighted by Crippen LogP contribution is -2.31. The molecule has 0 unspecified atom stereocenters. The average Bonchev–Trinajstić information content (AvgIpc) is 1.94. The molecule has 0 aromatic rings. The first kappa shape index (κ1) is 10.1. The third-order valence-corrected chi connectivity index (χ3v) is 2.17. The van der Waals surface area contributed by atoms with Gasteiger partial charge in [0.15, 0.2) is 11.6 Å². The fourth-order valence-electron chi connectivity index (χ4n) is 1.60. The number of hydrogen-bond acceptors (Lipinski definition) is 3. The highest BCUT2D eigenvalue weighted by Crippen LogP contribution is 2.33. The summed E-state index contributed by atoms with van der Waals surface area (Å²) in [7, 11) is 0. The van der Waals surface area contributed by atoms with Crippen molar-refractivity contribution in [3.8, 4) is 0 Å². The number of aliphatic hydroxyl groups excluding tert-OH is 1. The molecule has 1 saturated carbocycles. The molecule has 3 heteroatoms. The van der Waals surface area contributed by atoms with E-state index >= 15 is 0 Å². The van der Waals surface area contributed by atoms with Crippen LogP contribution < -0.4 is 0 Å². The number of ketones is 2. The van der Waals surface area contributed by atoms with E-state index in [1.54, 1.807) is 0 Å². The van der Waals surface area contributed by atoms with Crippen molar-refractivity contribution in [1.29, 1.82) is 0 Å². The van der Waals surface area contributed by atoms with Gasteiger partial charge in [-0.3, -0.25) is 9.59 Å². The Morgan fingerprint density at radius 3 is 2.15 bits per heavy atom. The second-order valence-electron chi connectivity index (χ2n) is 4.16. The van der Waals surface area contributed by atoms with Crippen molar-refractivity contribution < 1.29 is 14.7 Å². The molecule has 13 heavy (non-hydrogen) atoms. The van der Waals surface area contributed by atoms with Crippen molar-refractivity contribution >= 4 is 11.6 Å². The fraction of sp³-hybridized carbons (Fsp3) is 0.600. The van der Waals surface area contributed by atoms with Gasteiger partial charge in [-0.15, -0.1) is 0 Å². The van der Waals surface area contributed by atoms with Crippen molar-refractivity contribution in [3.63, 3.8) is 0 Å². The minimum Gasteiger partial charge on any atom is -0.392 e. The van der Waals surface area contributed by atoms with Crippen LogP contribution in [0.4, 0.5) is 0 Å². The van der Waals surface area contributed by atoms with Crippen LogP contribution in [-0.4, -0.2) is 23.3 Å². The molecule has 0 aromatic carbocycles. The molecule has 3 nitrogen and oxygen atoms in total. The Kier molecular flexibility index (Phi) is 2.66. The van der Waals surface area contributed by atoms with E-state index in [0.29, 0.717) is 12.8 Å². The zero-order valence-corrected chi connectivity index (χ0v) is 7.96. The van der Waals surface area contributed by atoms with Crippen LogP contribution in [-0.2, 0) is 9.59 Å². The summed E-state index contributed by atoms with van der Waals surface area (Å²) in [5.41, 5.74) is -0.0390. The Labute approximate surface area is 77.4 Å². The van der Waals surface area contributed by atoms with Crippen molar-refractivity contribution in [3.05, 3.63) is 11.6 Å². The maximum absolute atomic E-state index is 11.4. The second-order valence-corrected chi connectivity index (χ2v) is 4.16. The van der Waals surface area contributed by atoms with Crippen LogP contribution in [0, 0.1) is 5.41 Å². The number of aliphatic hydroxyl groups is 1. The molecule has 0 atom stereocenters. The van der Waals surface area contributed by atoms with Gasteiger partial charge in [0.1, 0.15) is 0 Å². The molecule has 0 aromatic heterocycles. The standard InChI is InChI=1S/C10H14O3/c1-10(2)5-8(12)7(3-4-11)9(13)6-10/h3,11H,4-6H2,1-2H3. The van der Waals surface area contributed by atoms with Crippen molar-refractivity contribution in [2.45, 2.75) is 26.7 Å². The third kappa shape index (κ3) is 2.25.